The zero-order valence-corrected chi connectivity index (χ0v) is 53.5. The number of unbranched alkanes of at least 4 members (excludes halogenated alkanes) is 15. The number of benzene rings is 1. The predicted octanol–water partition coefficient (Wildman–Crippen LogP) is 4.54. The number of hydrogen-bond acceptors (Lipinski definition) is 18. The number of carboxylic acids is 2. The molecule has 0 aliphatic carbocycles. The molecule has 0 aliphatic rings. The van der Waals surface area contributed by atoms with Gasteiger partial charge in [-0.15, -0.1) is 0 Å². The fourth-order valence-corrected chi connectivity index (χ4v) is 10.6. The van der Waals surface area contributed by atoms with E-state index >= 15 is 0 Å². The molecule has 0 aliphatic heterocycles. The first-order valence-electron chi connectivity index (χ1n) is 31.2. The minimum absolute atomic E-state index is 0.00692. The Kier molecular flexibility index (Phi) is 45.3. The van der Waals surface area contributed by atoms with Crippen molar-refractivity contribution >= 4 is 79.1 Å². The Hall–Kier alpha value is -5.98. The average Bonchev–Trinajstić information content (AvgIpc) is 3.51. The van der Waals surface area contributed by atoms with Crippen LogP contribution in [0.25, 0.3) is 0 Å². The molecule has 27 nitrogen and oxygen atoms in total. The van der Waals surface area contributed by atoms with Gasteiger partial charge in [-0.2, -0.15) is 8.42 Å². The summed E-state index contributed by atoms with van der Waals surface area (Å²) in [6.07, 6.45) is 14.9. The van der Waals surface area contributed by atoms with Gasteiger partial charge in [0.25, 0.3) is 16.0 Å². The van der Waals surface area contributed by atoms with Gasteiger partial charge in [-0.25, -0.2) is 13.2 Å². The van der Waals surface area contributed by atoms with Gasteiger partial charge in [-0.05, 0) is 76.8 Å². The van der Waals surface area contributed by atoms with Crippen LogP contribution in [-0.2, 0) is 82.2 Å². The minimum Gasteiger partial charge on any atom is -0.481 e. The highest BCUT2D eigenvalue weighted by molar-refractivity contribution is 7.90. The van der Waals surface area contributed by atoms with Gasteiger partial charge in [0.05, 0.1) is 50.5 Å². The van der Waals surface area contributed by atoms with Gasteiger partial charge in [0.15, 0.2) is 5.78 Å². The number of aliphatic carboxylic acids is 2. The van der Waals surface area contributed by atoms with Gasteiger partial charge in [0.1, 0.15) is 31.1 Å². The quantitative estimate of drug-likeness (QED) is 0.0319. The molecule has 29 heteroatoms. The van der Waals surface area contributed by atoms with Crippen molar-refractivity contribution in [3.8, 4) is 0 Å². The van der Waals surface area contributed by atoms with E-state index in [-0.39, 0.29) is 122 Å². The molecule has 0 aromatic heterocycles. The Balaban J connectivity index is 2.11. The molecule has 89 heavy (non-hydrogen) atoms. The van der Waals surface area contributed by atoms with E-state index in [0.29, 0.717) is 44.2 Å². The molecule has 0 fully saturated rings. The van der Waals surface area contributed by atoms with Crippen LogP contribution in [-0.4, -0.2) is 180 Å². The largest absolute Gasteiger partial charge is 0.481 e. The topological polar surface area (TPSA) is 423 Å². The van der Waals surface area contributed by atoms with E-state index in [1.165, 1.54) is 19.3 Å². The molecule has 0 saturated carbocycles. The van der Waals surface area contributed by atoms with Crippen molar-refractivity contribution < 1.29 is 98.5 Å². The molecule has 0 bridgehead atoms. The second kappa shape index (κ2) is 49.8. The number of sulfonamides is 1. The maximum absolute atomic E-state index is 12.6. The fraction of sp³-hybridized carbons (Fsp3) is 0.733. The van der Waals surface area contributed by atoms with E-state index < -0.39 is 111 Å². The molecule has 508 valence electrons. The highest BCUT2D eigenvalue weighted by atomic mass is 32.2. The molecule has 6 amide bonds. The molecule has 3 atom stereocenters. The van der Waals surface area contributed by atoms with Crippen LogP contribution in [0.15, 0.2) is 24.3 Å². The lowest BCUT2D eigenvalue weighted by Crippen LogP contribution is -2.45. The van der Waals surface area contributed by atoms with Gasteiger partial charge in [0.2, 0.25) is 39.6 Å². The summed E-state index contributed by atoms with van der Waals surface area (Å²) in [6.45, 7) is 1.95. The lowest BCUT2D eigenvalue weighted by atomic mass is 9.97. The monoisotopic (exact) mass is 1300 g/mol. The zero-order chi connectivity index (χ0) is 66.1. The Labute approximate surface area is 524 Å². The molecule has 3 unspecified atom stereocenters. The Bertz CT molecular complexity index is 2500. The number of carbonyl (C=O) groups excluding carboxylic acids is 8. The smallest absolute Gasteiger partial charge is 0.326 e. The summed E-state index contributed by atoms with van der Waals surface area (Å²) in [4.78, 5) is 122. The fourth-order valence-electron chi connectivity index (χ4n) is 8.99. The number of aryl methyl sites for hydroxylation is 1. The standard InChI is InChI=1S/C60H100N6O21S2/c1-46-25-27-47(28-26-46)58(74)63-33-17-16-22-51(57(61)73)64-56(72)45-87-40-37-84-35-19-21-49(67)30-31-52(60(77)78)65-54(70)32-29-48(59(75)76)43-50(68)44-86-39-38-85-36-34-62-53(69)24-20-41-88(79,80)66-55(71)23-15-13-11-9-7-5-3-2-4-6-8-10-12-14-18-42-89(81,82)83/h25-28,48,51-52H,2-24,29-45H2,1H3,(H2,61,73)(H,62,69)(H,63,74)(H,64,72)(H,65,70)(H,66,71)(H,75,76)(H,77,78)(H,81,82,83). The Morgan fingerprint density at radius 2 is 1.02 bits per heavy atom. The van der Waals surface area contributed by atoms with Crippen LogP contribution in [0.4, 0.5) is 0 Å². The van der Waals surface area contributed by atoms with E-state index in [2.05, 4.69) is 26.0 Å². The molecular weight excluding hydrogens is 1200 g/mol. The molecular formula is C60H100N6O21S2. The van der Waals surface area contributed by atoms with Gasteiger partial charge >= 0.3 is 11.9 Å². The first kappa shape index (κ1) is 81.0. The summed E-state index contributed by atoms with van der Waals surface area (Å²) < 4.78 is 78.4. The van der Waals surface area contributed by atoms with E-state index in [4.69, 9.17) is 29.2 Å². The summed E-state index contributed by atoms with van der Waals surface area (Å²) in [7, 11) is -7.76. The van der Waals surface area contributed by atoms with Crippen LogP contribution in [0.1, 0.15) is 196 Å². The molecule has 0 heterocycles. The number of Topliss-reactive ketones (excluding diaryl/α,β-unsaturated/α-hetero) is 2. The molecule has 10 N–H and O–H groups in total. The van der Waals surface area contributed by atoms with Gasteiger partial charge < -0.3 is 56.2 Å². The molecule has 1 rings (SSSR count). The number of amides is 6. The summed E-state index contributed by atoms with van der Waals surface area (Å²) >= 11 is 0. The number of nitrogens with two attached hydrogens (primary N) is 1. The molecule has 1 aromatic carbocycles. The zero-order valence-electron chi connectivity index (χ0n) is 51.9. The molecule has 1 aromatic rings. The number of primary amides is 1. The van der Waals surface area contributed by atoms with Crippen LogP contribution in [0.5, 0.6) is 0 Å². The van der Waals surface area contributed by atoms with E-state index in [1.807, 2.05) is 19.1 Å². The maximum atomic E-state index is 12.6. The first-order valence-corrected chi connectivity index (χ1v) is 34.4. The van der Waals surface area contributed by atoms with E-state index in [0.717, 1.165) is 69.8 Å². The second-order valence-electron chi connectivity index (χ2n) is 22.1. The summed E-state index contributed by atoms with van der Waals surface area (Å²) in [5.74, 6) is -8.67. The third-order valence-electron chi connectivity index (χ3n) is 14.0. The third kappa shape index (κ3) is 47.6. The van der Waals surface area contributed by atoms with Crippen molar-refractivity contribution in [3.05, 3.63) is 35.4 Å². The normalized spacial score (nSPS) is 12.5. The SMILES string of the molecule is Cc1ccc(C(=O)NCCCCC(NC(=O)COCCOCCCC(=O)CCC(NC(=O)CCC(CC(=O)COCCOCCNC(=O)CCCS(=O)(=O)NC(=O)CCCCCCCCCCCCCCCCCS(=O)(=O)O)C(=O)O)C(=O)O)C(N)=O)cc1. The third-order valence-corrected chi connectivity index (χ3v) is 16.2. The number of carboxylic acid groups (broad SMARTS) is 2. The van der Waals surface area contributed by atoms with Crippen LogP contribution in [0.3, 0.4) is 0 Å². The predicted molar refractivity (Wildman–Crippen MR) is 329 cm³/mol. The van der Waals surface area contributed by atoms with Crippen molar-refractivity contribution in [2.75, 3.05) is 77.5 Å². The minimum atomic E-state index is -3.90. The van der Waals surface area contributed by atoms with Crippen molar-refractivity contribution in [1.29, 1.82) is 0 Å². The van der Waals surface area contributed by atoms with Crippen molar-refractivity contribution in [1.82, 2.24) is 26.0 Å². The summed E-state index contributed by atoms with van der Waals surface area (Å²) in [5, 5.41) is 29.5. The van der Waals surface area contributed by atoms with Crippen LogP contribution < -0.4 is 31.7 Å². The Morgan fingerprint density at radius 1 is 0.472 bits per heavy atom. The van der Waals surface area contributed by atoms with Gasteiger partial charge in [-0.3, -0.25) is 52.4 Å². The van der Waals surface area contributed by atoms with Gasteiger partial charge in [-0.1, -0.05) is 101 Å². The number of hydrogen-bond donors (Lipinski definition) is 9. The number of ketones is 2. The van der Waals surface area contributed by atoms with Gasteiger partial charge in [0, 0.05) is 63.8 Å². The molecule has 0 spiro atoms. The lowest BCUT2D eigenvalue weighted by molar-refractivity contribution is -0.145. The first-order chi connectivity index (χ1) is 42.4. The van der Waals surface area contributed by atoms with Crippen molar-refractivity contribution in [2.24, 2.45) is 11.7 Å². The number of rotatable bonds is 59. The highest BCUT2D eigenvalue weighted by Crippen LogP contribution is 2.16. The van der Waals surface area contributed by atoms with E-state index in [1.54, 1.807) is 12.1 Å². The van der Waals surface area contributed by atoms with Crippen molar-refractivity contribution in [3.63, 3.8) is 0 Å². The van der Waals surface area contributed by atoms with E-state index in [9.17, 15) is 75.0 Å². The van der Waals surface area contributed by atoms with Crippen molar-refractivity contribution in [2.45, 2.75) is 199 Å². The molecule has 0 radical (unpaired) electrons. The number of carbonyl (C=O) groups is 10. The maximum Gasteiger partial charge on any atom is 0.326 e. The summed E-state index contributed by atoms with van der Waals surface area (Å²) in [6, 6.07) is 4.79. The lowest BCUT2D eigenvalue weighted by Gasteiger charge is -2.16. The number of nitrogens with one attached hydrogen (secondary N) is 5. The average molecular weight is 1310 g/mol. The van der Waals surface area contributed by atoms with Crippen LogP contribution >= 0.6 is 0 Å². The number of ether oxygens (including phenoxy) is 4. The summed E-state index contributed by atoms with van der Waals surface area (Å²) in [5.41, 5.74) is 7.02. The second-order valence-corrected chi connectivity index (χ2v) is 25.5. The Morgan fingerprint density at radius 3 is 1.61 bits per heavy atom. The molecule has 0 saturated heterocycles. The highest BCUT2D eigenvalue weighted by Gasteiger charge is 2.26. The van der Waals surface area contributed by atoms with Crippen LogP contribution in [0.2, 0.25) is 0 Å². The van der Waals surface area contributed by atoms with Crippen LogP contribution in [0, 0.1) is 12.8 Å².